The van der Waals surface area contributed by atoms with E-state index in [1.54, 1.807) is 0 Å². The lowest BCUT2D eigenvalue weighted by atomic mass is 10.2. The van der Waals surface area contributed by atoms with Crippen LogP contribution in [-0.4, -0.2) is 32.7 Å². The Morgan fingerprint density at radius 2 is 1.81 bits per heavy atom. The van der Waals surface area contributed by atoms with Crippen LogP contribution in [-0.2, 0) is 0 Å². The van der Waals surface area contributed by atoms with Gasteiger partial charge in [-0.1, -0.05) is 26.0 Å². The van der Waals surface area contributed by atoms with E-state index in [-0.39, 0.29) is 0 Å². The molecule has 2 aromatic heterocycles. The van der Waals surface area contributed by atoms with Crippen molar-refractivity contribution in [3.05, 3.63) is 30.1 Å². The molecular formula is C16H19N5. The average Bonchev–Trinajstić information content (AvgIpc) is 3.16. The fourth-order valence-corrected chi connectivity index (χ4v) is 3.09. The number of rotatable bonds is 2. The Kier molecular flexibility index (Phi) is 2.80. The quantitative estimate of drug-likeness (QED) is 0.724. The van der Waals surface area contributed by atoms with Crippen molar-refractivity contribution in [3.63, 3.8) is 0 Å². The van der Waals surface area contributed by atoms with E-state index in [1.807, 2.05) is 12.1 Å². The van der Waals surface area contributed by atoms with Gasteiger partial charge in [-0.05, 0) is 25.0 Å². The third-order valence-corrected chi connectivity index (χ3v) is 4.16. The normalized spacial score (nSPS) is 15.7. The molecule has 0 bridgehead atoms. The number of para-hydroxylation sites is 1. The Labute approximate surface area is 123 Å². The zero-order valence-electron chi connectivity index (χ0n) is 12.5. The first-order valence-electron chi connectivity index (χ1n) is 7.64. The van der Waals surface area contributed by atoms with Gasteiger partial charge in [-0.2, -0.15) is 0 Å². The Hall–Kier alpha value is -2.17. The average molecular weight is 281 g/mol. The number of aromatic nitrogens is 4. The second kappa shape index (κ2) is 4.69. The van der Waals surface area contributed by atoms with E-state index < -0.39 is 0 Å². The van der Waals surface area contributed by atoms with E-state index in [1.165, 1.54) is 12.8 Å². The summed E-state index contributed by atoms with van der Waals surface area (Å²) in [6.45, 7) is 6.44. The summed E-state index contributed by atoms with van der Waals surface area (Å²) in [5.74, 6) is 2.31. The Morgan fingerprint density at radius 3 is 2.57 bits per heavy atom. The van der Waals surface area contributed by atoms with Gasteiger partial charge in [0.05, 0.1) is 5.52 Å². The summed E-state index contributed by atoms with van der Waals surface area (Å²) in [6.07, 6.45) is 2.46. The van der Waals surface area contributed by atoms with E-state index >= 15 is 0 Å². The number of hydrogen-bond donors (Lipinski definition) is 0. The van der Waals surface area contributed by atoms with Gasteiger partial charge in [0.25, 0.3) is 0 Å². The number of hydrogen-bond acceptors (Lipinski definition) is 4. The number of fused-ring (bicyclic) bond motifs is 3. The summed E-state index contributed by atoms with van der Waals surface area (Å²) >= 11 is 0. The summed E-state index contributed by atoms with van der Waals surface area (Å²) in [6, 6.07) is 8.19. The molecule has 1 aliphatic heterocycles. The van der Waals surface area contributed by atoms with Crippen LogP contribution in [0.3, 0.4) is 0 Å². The molecule has 5 heteroatoms. The van der Waals surface area contributed by atoms with Crippen LogP contribution in [0.25, 0.3) is 16.6 Å². The standard InChI is InChI=1S/C16H19N5/c1-11(2)14-18-19-15-12-7-3-4-8-13(12)17-16(21(14)15)20-9-5-6-10-20/h3-4,7-8,11H,5-6,9-10H2,1-2H3. The van der Waals surface area contributed by atoms with Crippen molar-refractivity contribution >= 4 is 22.5 Å². The van der Waals surface area contributed by atoms with Crippen LogP contribution in [0, 0.1) is 0 Å². The van der Waals surface area contributed by atoms with Crippen LogP contribution in [0.4, 0.5) is 5.95 Å². The third-order valence-electron chi connectivity index (χ3n) is 4.16. The zero-order valence-corrected chi connectivity index (χ0v) is 12.5. The van der Waals surface area contributed by atoms with Gasteiger partial charge in [0.1, 0.15) is 5.82 Å². The maximum absolute atomic E-state index is 4.91. The molecule has 3 heterocycles. The minimum atomic E-state index is 0.323. The monoisotopic (exact) mass is 281 g/mol. The molecule has 0 unspecified atom stereocenters. The lowest BCUT2D eigenvalue weighted by molar-refractivity contribution is 0.745. The predicted octanol–water partition coefficient (Wildman–Crippen LogP) is 3.00. The van der Waals surface area contributed by atoms with Crippen LogP contribution in [0.5, 0.6) is 0 Å². The van der Waals surface area contributed by atoms with Crippen molar-refractivity contribution in [2.75, 3.05) is 18.0 Å². The van der Waals surface area contributed by atoms with E-state index in [4.69, 9.17) is 4.98 Å². The van der Waals surface area contributed by atoms with Gasteiger partial charge in [0.2, 0.25) is 5.95 Å². The van der Waals surface area contributed by atoms with Gasteiger partial charge in [0, 0.05) is 24.4 Å². The van der Waals surface area contributed by atoms with Gasteiger partial charge >= 0.3 is 0 Å². The molecule has 0 radical (unpaired) electrons. The molecule has 0 atom stereocenters. The molecule has 1 aliphatic rings. The summed E-state index contributed by atoms with van der Waals surface area (Å²) in [4.78, 5) is 7.27. The maximum atomic E-state index is 4.91. The fraction of sp³-hybridized carbons (Fsp3) is 0.438. The van der Waals surface area contributed by atoms with E-state index in [9.17, 15) is 0 Å². The molecule has 1 aromatic carbocycles. The number of nitrogens with zero attached hydrogens (tertiary/aromatic N) is 5. The SMILES string of the molecule is CC(C)c1nnc2c3ccccc3nc(N3CCCC3)n12. The molecule has 1 fully saturated rings. The Balaban J connectivity index is 2.09. The minimum Gasteiger partial charge on any atom is -0.342 e. The van der Waals surface area contributed by atoms with Gasteiger partial charge in [-0.25, -0.2) is 9.38 Å². The molecule has 3 aromatic rings. The highest BCUT2D eigenvalue weighted by Crippen LogP contribution is 2.28. The third kappa shape index (κ3) is 1.87. The molecule has 0 saturated carbocycles. The Morgan fingerprint density at radius 1 is 1.05 bits per heavy atom. The second-order valence-corrected chi connectivity index (χ2v) is 6.00. The van der Waals surface area contributed by atoms with Crippen LogP contribution in [0.2, 0.25) is 0 Å². The molecule has 0 N–H and O–H groups in total. The van der Waals surface area contributed by atoms with Gasteiger partial charge in [-0.3, -0.25) is 0 Å². The second-order valence-electron chi connectivity index (χ2n) is 6.00. The molecular weight excluding hydrogens is 262 g/mol. The summed E-state index contributed by atoms with van der Waals surface area (Å²) in [5.41, 5.74) is 1.92. The minimum absolute atomic E-state index is 0.323. The molecule has 0 amide bonds. The number of benzene rings is 1. The fourth-order valence-electron chi connectivity index (χ4n) is 3.09. The van der Waals surface area contributed by atoms with Crippen LogP contribution in [0.15, 0.2) is 24.3 Å². The van der Waals surface area contributed by atoms with Crippen molar-refractivity contribution in [3.8, 4) is 0 Å². The van der Waals surface area contributed by atoms with Gasteiger partial charge in [-0.15, -0.1) is 10.2 Å². The maximum Gasteiger partial charge on any atom is 0.213 e. The summed E-state index contributed by atoms with van der Waals surface area (Å²) in [7, 11) is 0. The van der Waals surface area contributed by atoms with Crippen molar-refractivity contribution in [1.29, 1.82) is 0 Å². The van der Waals surface area contributed by atoms with Crippen molar-refractivity contribution in [2.24, 2.45) is 0 Å². The van der Waals surface area contributed by atoms with Crippen molar-refractivity contribution in [1.82, 2.24) is 19.6 Å². The summed E-state index contributed by atoms with van der Waals surface area (Å²) < 4.78 is 2.15. The van der Waals surface area contributed by atoms with E-state index in [0.717, 1.165) is 41.4 Å². The molecule has 0 spiro atoms. The van der Waals surface area contributed by atoms with E-state index in [0.29, 0.717) is 5.92 Å². The van der Waals surface area contributed by atoms with Crippen LogP contribution < -0.4 is 4.90 Å². The Bertz CT molecular complexity index is 799. The topological polar surface area (TPSA) is 46.3 Å². The smallest absolute Gasteiger partial charge is 0.213 e. The first-order chi connectivity index (χ1) is 10.3. The lowest BCUT2D eigenvalue weighted by Crippen LogP contribution is -2.23. The van der Waals surface area contributed by atoms with Crippen LogP contribution >= 0.6 is 0 Å². The highest BCUT2D eigenvalue weighted by atomic mass is 15.4. The largest absolute Gasteiger partial charge is 0.342 e. The molecule has 108 valence electrons. The van der Waals surface area contributed by atoms with Crippen molar-refractivity contribution < 1.29 is 0 Å². The van der Waals surface area contributed by atoms with Gasteiger partial charge < -0.3 is 4.90 Å². The van der Waals surface area contributed by atoms with Gasteiger partial charge in [0.15, 0.2) is 5.65 Å². The van der Waals surface area contributed by atoms with Crippen molar-refractivity contribution in [2.45, 2.75) is 32.6 Å². The first kappa shape index (κ1) is 12.6. The predicted molar refractivity (Wildman–Crippen MR) is 83.8 cm³/mol. The number of anilines is 1. The molecule has 0 aliphatic carbocycles. The molecule has 1 saturated heterocycles. The summed E-state index contributed by atoms with van der Waals surface area (Å²) in [5, 5.41) is 9.94. The zero-order chi connectivity index (χ0) is 14.4. The molecule has 4 rings (SSSR count). The highest BCUT2D eigenvalue weighted by molar-refractivity contribution is 5.92. The van der Waals surface area contributed by atoms with Crippen LogP contribution in [0.1, 0.15) is 38.4 Å². The first-order valence-corrected chi connectivity index (χ1v) is 7.64. The molecule has 21 heavy (non-hydrogen) atoms. The molecule has 5 nitrogen and oxygen atoms in total. The highest BCUT2D eigenvalue weighted by Gasteiger charge is 2.22. The lowest BCUT2D eigenvalue weighted by Gasteiger charge is -2.19. The van der Waals surface area contributed by atoms with E-state index in [2.05, 4.69) is 45.5 Å².